The van der Waals surface area contributed by atoms with Gasteiger partial charge >= 0.3 is 6.03 Å². The molecule has 3 aromatic heterocycles. The topological polar surface area (TPSA) is 98.8 Å². The van der Waals surface area contributed by atoms with Crippen LogP contribution in [-0.2, 0) is 0 Å². The van der Waals surface area contributed by atoms with Gasteiger partial charge in [0, 0.05) is 54.6 Å². The van der Waals surface area contributed by atoms with E-state index in [9.17, 15) is 4.79 Å². The van der Waals surface area contributed by atoms with Crippen molar-refractivity contribution in [3.63, 3.8) is 0 Å². The number of carbonyl (C=O) groups is 1. The smallest absolute Gasteiger partial charge is 0.326 e. The van der Waals surface area contributed by atoms with Crippen LogP contribution in [0.5, 0.6) is 0 Å². The molecule has 6 rings (SSSR count). The normalized spacial score (nSPS) is 15.8. The van der Waals surface area contributed by atoms with E-state index < -0.39 is 5.82 Å². The quantitative estimate of drug-likeness (QED) is 0.401. The number of nitrogens with one attached hydrogen (secondary N) is 3. The highest BCUT2D eigenvalue weighted by molar-refractivity contribution is 6.02. The van der Waals surface area contributed by atoms with E-state index in [0.717, 1.165) is 36.9 Å². The van der Waals surface area contributed by atoms with Gasteiger partial charge in [0.05, 0.1) is 17.6 Å². The van der Waals surface area contributed by atoms with Crippen LogP contribution in [0.1, 0.15) is 24.3 Å². The van der Waals surface area contributed by atoms with E-state index in [1.807, 2.05) is 12.3 Å². The van der Waals surface area contributed by atoms with E-state index in [1.165, 1.54) is 12.4 Å². The SMILES string of the molecule is O=C(Nc1ccc(-c2ncnc3[nH]cc(C4CC4)c23)c(F)c1)N(CC1CNC1)c1cccnc1. The first-order valence-electron chi connectivity index (χ1n) is 11.5. The molecule has 1 aromatic carbocycles. The molecule has 1 saturated carbocycles. The average Bonchev–Trinajstić information content (AvgIpc) is 3.57. The zero-order chi connectivity index (χ0) is 23.1. The molecule has 2 amide bonds. The highest BCUT2D eigenvalue weighted by atomic mass is 19.1. The molecule has 1 saturated heterocycles. The van der Waals surface area contributed by atoms with Gasteiger partial charge in [0.2, 0.25) is 0 Å². The number of aromatic nitrogens is 4. The molecule has 9 heteroatoms. The molecule has 172 valence electrons. The summed E-state index contributed by atoms with van der Waals surface area (Å²) in [6.45, 7) is 2.28. The fourth-order valence-corrected chi connectivity index (χ4v) is 4.44. The first kappa shape index (κ1) is 20.7. The van der Waals surface area contributed by atoms with E-state index in [4.69, 9.17) is 0 Å². The molecule has 8 nitrogen and oxygen atoms in total. The van der Waals surface area contributed by atoms with Crippen LogP contribution < -0.4 is 15.5 Å². The lowest BCUT2D eigenvalue weighted by Crippen LogP contribution is -2.50. The van der Waals surface area contributed by atoms with Crippen LogP contribution in [0, 0.1) is 11.7 Å². The summed E-state index contributed by atoms with van der Waals surface area (Å²) < 4.78 is 15.3. The fraction of sp³-hybridized carbons (Fsp3) is 0.280. The lowest BCUT2D eigenvalue weighted by molar-refractivity contribution is 0.253. The van der Waals surface area contributed by atoms with Crippen LogP contribution in [-0.4, -0.2) is 45.6 Å². The molecule has 2 aliphatic rings. The number of urea groups is 1. The molecule has 0 bridgehead atoms. The van der Waals surface area contributed by atoms with Gasteiger partial charge in [0.15, 0.2) is 0 Å². The molecule has 1 aliphatic heterocycles. The number of H-pyrrole nitrogens is 1. The Morgan fingerprint density at radius 1 is 1.21 bits per heavy atom. The van der Waals surface area contributed by atoms with Gasteiger partial charge in [-0.2, -0.15) is 0 Å². The number of pyridine rings is 1. The summed E-state index contributed by atoms with van der Waals surface area (Å²) in [4.78, 5) is 30.8. The predicted octanol–water partition coefficient (Wildman–Crippen LogP) is 4.29. The van der Waals surface area contributed by atoms with Gasteiger partial charge in [0.25, 0.3) is 0 Å². The maximum atomic E-state index is 15.3. The van der Waals surface area contributed by atoms with Crippen molar-refractivity contribution in [3.05, 3.63) is 66.6 Å². The minimum Gasteiger partial charge on any atom is -0.346 e. The summed E-state index contributed by atoms with van der Waals surface area (Å²) in [5.41, 5.74) is 3.89. The molecule has 4 heterocycles. The van der Waals surface area contributed by atoms with Gasteiger partial charge in [0.1, 0.15) is 17.8 Å². The highest BCUT2D eigenvalue weighted by Crippen LogP contribution is 2.45. The first-order valence-corrected chi connectivity index (χ1v) is 11.5. The number of rotatable bonds is 6. The second-order valence-electron chi connectivity index (χ2n) is 8.94. The summed E-state index contributed by atoms with van der Waals surface area (Å²) in [7, 11) is 0. The number of nitrogens with zero attached hydrogens (tertiary/aromatic N) is 4. The van der Waals surface area contributed by atoms with Crippen molar-refractivity contribution in [1.29, 1.82) is 0 Å². The third kappa shape index (κ3) is 3.88. The average molecular weight is 458 g/mol. The Kier molecular flexibility index (Phi) is 5.18. The maximum absolute atomic E-state index is 15.3. The number of benzene rings is 1. The number of halogens is 1. The molecule has 1 aliphatic carbocycles. The van der Waals surface area contributed by atoms with Gasteiger partial charge in [-0.3, -0.25) is 9.88 Å². The summed E-state index contributed by atoms with van der Waals surface area (Å²) >= 11 is 0. The van der Waals surface area contributed by atoms with Crippen molar-refractivity contribution in [2.24, 2.45) is 5.92 Å². The van der Waals surface area contributed by atoms with Crippen molar-refractivity contribution < 1.29 is 9.18 Å². The Bertz CT molecular complexity index is 1350. The molecule has 0 unspecified atom stereocenters. The van der Waals surface area contributed by atoms with Crippen molar-refractivity contribution in [3.8, 4) is 11.3 Å². The molecule has 0 spiro atoms. The zero-order valence-electron chi connectivity index (χ0n) is 18.5. The molecule has 34 heavy (non-hydrogen) atoms. The van der Waals surface area contributed by atoms with E-state index in [2.05, 4.69) is 30.6 Å². The molecule has 0 radical (unpaired) electrons. The maximum Gasteiger partial charge on any atom is 0.326 e. The Labute approximate surface area is 195 Å². The second-order valence-corrected chi connectivity index (χ2v) is 8.94. The number of hydrogen-bond acceptors (Lipinski definition) is 5. The van der Waals surface area contributed by atoms with Crippen molar-refractivity contribution in [1.82, 2.24) is 25.3 Å². The zero-order valence-corrected chi connectivity index (χ0v) is 18.5. The first-order chi connectivity index (χ1) is 16.7. The molecule has 3 N–H and O–H groups in total. The largest absolute Gasteiger partial charge is 0.346 e. The molecule has 4 aromatic rings. The molecular weight excluding hydrogens is 433 g/mol. The van der Waals surface area contributed by atoms with Crippen molar-refractivity contribution in [2.45, 2.75) is 18.8 Å². The Balaban J connectivity index is 1.28. The van der Waals surface area contributed by atoms with Crippen LogP contribution >= 0.6 is 0 Å². The number of amides is 2. The third-order valence-corrected chi connectivity index (χ3v) is 6.50. The minimum absolute atomic E-state index is 0.321. The number of aromatic amines is 1. The van der Waals surface area contributed by atoms with Crippen molar-refractivity contribution >= 4 is 28.4 Å². The lowest BCUT2D eigenvalue weighted by atomic mass is 10.0. The molecule has 0 atom stereocenters. The van der Waals surface area contributed by atoms with E-state index in [-0.39, 0.29) is 6.03 Å². The number of anilines is 2. The Hall–Kier alpha value is -3.85. The van der Waals surface area contributed by atoms with Crippen LogP contribution in [0.25, 0.3) is 22.3 Å². The minimum atomic E-state index is -0.447. The van der Waals surface area contributed by atoms with Crippen LogP contribution in [0.3, 0.4) is 0 Å². The fourth-order valence-electron chi connectivity index (χ4n) is 4.44. The van der Waals surface area contributed by atoms with Gasteiger partial charge in [-0.1, -0.05) is 0 Å². The van der Waals surface area contributed by atoms with Gasteiger partial charge in [-0.15, -0.1) is 0 Å². The van der Waals surface area contributed by atoms with Crippen molar-refractivity contribution in [2.75, 3.05) is 29.9 Å². The second kappa shape index (κ2) is 8.49. The number of carbonyl (C=O) groups excluding carboxylic acids is 1. The van der Waals surface area contributed by atoms with Gasteiger partial charge in [-0.05, 0) is 54.7 Å². The Morgan fingerprint density at radius 2 is 2.09 bits per heavy atom. The van der Waals surface area contributed by atoms with Gasteiger partial charge in [-0.25, -0.2) is 19.2 Å². The predicted molar refractivity (Wildman–Crippen MR) is 128 cm³/mol. The molecule has 2 fully saturated rings. The standard InChI is InChI=1S/C25H24FN7O/c26-21-8-17(32-25(34)33(13-15-9-28-10-15)18-2-1-7-27-11-18)5-6-19(21)23-22-20(16-3-4-16)12-29-24(22)31-14-30-23/h1-2,5-8,11-12,14-16,28H,3-4,9-10,13H2,(H,32,34)(H,29,30,31). The van der Waals surface area contributed by atoms with Crippen LogP contribution in [0.2, 0.25) is 0 Å². The summed E-state index contributed by atoms with van der Waals surface area (Å²) in [6, 6.07) is 8.04. The van der Waals surface area contributed by atoms with Crippen LogP contribution in [0.15, 0.2) is 55.2 Å². The summed E-state index contributed by atoms with van der Waals surface area (Å²) in [5, 5.41) is 6.94. The highest BCUT2D eigenvalue weighted by Gasteiger charge is 2.29. The third-order valence-electron chi connectivity index (χ3n) is 6.50. The number of fused-ring (bicyclic) bond motifs is 1. The van der Waals surface area contributed by atoms with Gasteiger partial charge < -0.3 is 15.6 Å². The van der Waals surface area contributed by atoms with Crippen LogP contribution in [0.4, 0.5) is 20.6 Å². The Morgan fingerprint density at radius 3 is 2.79 bits per heavy atom. The molecular formula is C25H24FN7O. The summed E-state index contributed by atoms with van der Waals surface area (Å²) in [5.74, 6) is 0.397. The summed E-state index contributed by atoms with van der Waals surface area (Å²) in [6.07, 6.45) is 8.97. The number of hydrogen-bond donors (Lipinski definition) is 3. The lowest BCUT2D eigenvalue weighted by Gasteiger charge is -2.33. The van der Waals surface area contributed by atoms with E-state index in [0.29, 0.717) is 46.7 Å². The monoisotopic (exact) mass is 457 g/mol. The van der Waals surface area contributed by atoms with E-state index >= 15 is 4.39 Å². The van der Waals surface area contributed by atoms with E-state index in [1.54, 1.807) is 35.5 Å².